The normalized spacial score (nSPS) is 10.5. The van der Waals surface area contributed by atoms with Gasteiger partial charge in [0, 0.05) is 24.1 Å². The minimum atomic E-state index is -0.592. The summed E-state index contributed by atoms with van der Waals surface area (Å²) in [5.41, 5.74) is 16.0. The number of benzene rings is 2. The van der Waals surface area contributed by atoms with Crippen molar-refractivity contribution in [1.82, 2.24) is 0 Å². The average molecular weight is 437 g/mol. The van der Waals surface area contributed by atoms with Crippen molar-refractivity contribution in [3.63, 3.8) is 0 Å². The molecular weight excluding hydrogens is 412 g/mol. The van der Waals surface area contributed by atoms with Crippen LogP contribution in [-0.4, -0.2) is 24.3 Å². The van der Waals surface area contributed by atoms with Gasteiger partial charge in [0.05, 0.1) is 11.3 Å². The summed E-state index contributed by atoms with van der Waals surface area (Å²) in [7, 11) is 0. The number of aryl methyl sites for hydroxylation is 2. The van der Waals surface area contributed by atoms with E-state index in [0.29, 0.717) is 10.6 Å². The third-order valence-corrected chi connectivity index (χ3v) is 5.56. The van der Waals surface area contributed by atoms with Crippen molar-refractivity contribution in [2.45, 2.75) is 20.3 Å². The fourth-order valence-corrected chi connectivity index (χ4v) is 4.06. The molecule has 0 spiro atoms. The second-order valence-corrected chi connectivity index (χ2v) is 8.07. The summed E-state index contributed by atoms with van der Waals surface area (Å²) >= 11 is 1.23. The number of nitrogens with two attached hydrogens (primary N) is 2. The van der Waals surface area contributed by atoms with Gasteiger partial charge in [0.15, 0.2) is 0 Å². The highest BCUT2D eigenvalue weighted by Crippen LogP contribution is 2.33. The zero-order valence-electron chi connectivity index (χ0n) is 17.3. The molecule has 8 heteroatoms. The van der Waals surface area contributed by atoms with Crippen molar-refractivity contribution in [2.75, 3.05) is 17.2 Å². The minimum absolute atomic E-state index is 0.145. The molecule has 0 atom stereocenters. The molecule has 0 saturated heterocycles. The van der Waals surface area contributed by atoms with Gasteiger partial charge in [-0.15, -0.1) is 11.3 Å². The van der Waals surface area contributed by atoms with E-state index in [-0.39, 0.29) is 30.3 Å². The van der Waals surface area contributed by atoms with Gasteiger partial charge in [-0.3, -0.25) is 14.4 Å². The Kier molecular flexibility index (Phi) is 6.84. The molecule has 0 unspecified atom stereocenters. The van der Waals surface area contributed by atoms with Crippen LogP contribution in [0.3, 0.4) is 0 Å². The molecule has 7 nitrogen and oxygen atoms in total. The van der Waals surface area contributed by atoms with Crippen LogP contribution in [0.15, 0.2) is 47.8 Å². The molecule has 3 aromatic rings. The van der Waals surface area contributed by atoms with Gasteiger partial charge >= 0.3 is 0 Å². The van der Waals surface area contributed by atoms with Crippen molar-refractivity contribution >= 4 is 39.7 Å². The average Bonchev–Trinajstić information content (AvgIpc) is 3.18. The van der Waals surface area contributed by atoms with Gasteiger partial charge in [-0.05, 0) is 54.6 Å². The van der Waals surface area contributed by atoms with Crippen LogP contribution in [0.2, 0.25) is 0 Å². The number of rotatable bonds is 7. The van der Waals surface area contributed by atoms with Gasteiger partial charge in [0.1, 0.15) is 5.00 Å². The predicted octanol–water partition coefficient (Wildman–Crippen LogP) is 3.67. The lowest BCUT2D eigenvalue weighted by Crippen LogP contribution is -2.17. The standard InChI is InChI=1S/C23H24N4O3S/c1-13-11-14(2)20(26-19(28)7-9-24)18(12-13)15-3-5-16(6-4-15)22(30)27-23-17(21(25)29)8-10-31-23/h3-6,8,10-12H,7,9,24H2,1-2H3,(H2,25,29)(H,26,28)(H,27,30). The Morgan fingerprint density at radius 3 is 2.35 bits per heavy atom. The molecule has 0 aliphatic heterocycles. The van der Waals surface area contributed by atoms with Crippen LogP contribution < -0.4 is 22.1 Å². The lowest BCUT2D eigenvalue weighted by atomic mass is 9.96. The number of hydrogen-bond donors (Lipinski definition) is 4. The summed E-state index contributed by atoms with van der Waals surface area (Å²) in [4.78, 5) is 36.2. The monoisotopic (exact) mass is 436 g/mol. The van der Waals surface area contributed by atoms with Crippen LogP contribution in [0.4, 0.5) is 10.7 Å². The first-order valence-electron chi connectivity index (χ1n) is 9.70. The number of thiophene rings is 1. The Hall–Kier alpha value is -3.49. The molecule has 0 aliphatic carbocycles. The van der Waals surface area contributed by atoms with Crippen LogP contribution in [0.5, 0.6) is 0 Å². The zero-order valence-corrected chi connectivity index (χ0v) is 18.1. The number of amides is 3. The molecular formula is C23H24N4O3S. The molecule has 1 heterocycles. The quantitative estimate of drug-likeness (QED) is 0.450. The minimum Gasteiger partial charge on any atom is -0.366 e. The Bertz CT molecular complexity index is 1140. The number of nitrogens with one attached hydrogen (secondary N) is 2. The third-order valence-electron chi connectivity index (χ3n) is 4.73. The molecule has 0 aliphatic rings. The number of primary amides is 1. The van der Waals surface area contributed by atoms with Crippen molar-refractivity contribution in [3.8, 4) is 11.1 Å². The Labute approximate surface area is 184 Å². The third kappa shape index (κ3) is 5.17. The molecule has 6 N–H and O–H groups in total. The van der Waals surface area contributed by atoms with Gasteiger partial charge in [0.2, 0.25) is 5.91 Å². The number of hydrogen-bond acceptors (Lipinski definition) is 5. The van der Waals surface area contributed by atoms with Gasteiger partial charge in [-0.2, -0.15) is 0 Å². The Morgan fingerprint density at radius 2 is 1.71 bits per heavy atom. The van der Waals surface area contributed by atoms with Crippen LogP contribution in [-0.2, 0) is 4.79 Å². The first kappa shape index (κ1) is 22.2. The molecule has 1 aromatic heterocycles. The zero-order chi connectivity index (χ0) is 22.5. The fraction of sp³-hybridized carbons (Fsp3) is 0.174. The maximum atomic E-state index is 12.6. The number of carbonyl (C=O) groups excluding carboxylic acids is 3. The van der Waals surface area contributed by atoms with Crippen LogP contribution in [0.1, 0.15) is 38.3 Å². The molecule has 31 heavy (non-hydrogen) atoms. The van der Waals surface area contributed by atoms with E-state index >= 15 is 0 Å². The van der Waals surface area contributed by atoms with Crippen molar-refractivity contribution in [1.29, 1.82) is 0 Å². The fourth-order valence-electron chi connectivity index (χ4n) is 3.27. The highest BCUT2D eigenvalue weighted by Gasteiger charge is 2.15. The molecule has 160 valence electrons. The molecule has 0 bridgehead atoms. The van der Waals surface area contributed by atoms with Gasteiger partial charge in [0.25, 0.3) is 11.8 Å². The predicted molar refractivity (Wildman–Crippen MR) is 124 cm³/mol. The first-order chi connectivity index (χ1) is 14.8. The van der Waals surface area contributed by atoms with Crippen molar-refractivity contribution in [2.24, 2.45) is 11.5 Å². The van der Waals surface area contributed by atoms with Crippen molar-refractivity contribution < 1.29 is 14.4 Å². The SMILES string of the molecule is Cc1cc(C)c(NC(=O)CCN)c(-c2ccc(C(=O)Nc3sccc3C(N)=O)cc2)c1. The molecule has 3 rings (SSSR count). The molecule has 2 aromatic carbocycles. The second kappa shape index (κ2) is 9.55. The second-order valence-electron chi connectivity index (χ2n) is 7.15. The number of anilines is 2. The number of carbonyl (C=O) groups is 3. The highest BCUT2D eigenvalue weighted by atomic mass is 32.1. The Morgan fingerprint density at radius 1 is 1.00 bits per heavy atom. The van der Waals surface area contributed by atoms with Crippen molar-refractivity contribution in [3.05, 3.63) is 70.1 Å². The summed E-state index contributed by atoms with van der Waals surface area (Å²) in [6.45, 7) is 4.20. The van der Waals surface area contributed by atoms with E-state index in [4.69, 9.17) is 11.5 Å². The summed E-state index contributed by atoms with van der Waals surface area (Å²) in [5, 5.41) is 7.79. The largest absolute Gasteiger partial charge is 0.366 e. The van der Waals surface area contributed by atoms with E-state index in [1.165, 1.54) is 11.3 Å². The van der Waals surface area contributed by atoms with E-state index in [2.05, 4.69) is 10.6 Å². The van der Waals surface area contributed by atoms with Gasteiger partial charge < -0.3 is 22.1 Å². The summed E-state index contributed by atoms with van der Waals surface area (Å²) in [6.07, 6.45) is 0.238. The molecule has 0 radical (unpaired) electrons. The van der Waals surface area contributed by atoms with E-state index in [1.807, 2.05) is 38.1 Å². The molecule has 0 fully saturated rings. The van der Waals surface area contributed by atoms with E-state index in [9.17, 15) is 14.4 Å². The maximum Gasteiger partial charge on any atom is 0.256 e. The van der Waals surface area contributed by atoms with Gasteiger partial charge in [-0.25, -0.2) is 0 Å². The Balaban J connectivity index is 1.87. The molecule has 3 amide bonds. The first-order valence-corrected chi connectivity index (χ1v) is 10.6. The van der Waals surface area contributed by atoms with Crippen LogP contribution in [0, 0.1) is 13.8 Å². The van der Waals surface area contributed by atoms with E-state index < -0.39 is 5.91 Å². The van der Waals surface area contributed by atoms with Crippen LogP contribution >= 0.6 is 11.3 Å². The lowest BCUT2D eigenvalue weighted by Gasteiger charge is -2.16. The summed E-state index contributed by atoms with van der Waals surface area (Å²) < 4.78 is 0. The molecule has 0 saturated carbocycles. The summed E-state index contributed by atoms with van der Waals surface area (Å²) in [6, 6.07) is 12.6. The smallest absolute Gasteiger partial charge is 0.256 e. The lowest BCUT2D eigenvalue weighted by molar-refractivity contribution is -0.116. The maximum absolute atomic E-state index is 12.6. The topological polar surface area (TPSA) is 127 Å². The van der Waals surface area contributed by atoms with Gasteiger partial charge in [-0.1, -0.05) is 23.8 Å². The van der Waals surface area contributed by atoms with E-state index in [0.717, 1.165) is 27.9 Å². The van der Waals surface area contributed by atoms with E-state index in [1.54, 1.807) is 23.6 Å². The summed E-state index contributed by atoms with van der Waals surface area (Å²) in [5.74, 6) is -1.08. The highest BCUT2D eigenvalue weighted by molar-refractivity contribution is 7.14. The van der Waals surface area contributed by atoms with Crippen LogP contribution in [0.25, 0.3) is 11.1 Å².